The molecular formula is C14H15ClF2N4O. The number of alkyl halides is 2. The Bertz CT molecular complexity index is 687. The Morgan fingerprint density at radius 2 is 2.14 bits per heavy atom. The van der Waals surface area contributed by atoms with Gasteiger partial charge in [0.05, 0.1) is 23.7 Å². The van der Waals surface area contributed by atoms with Crippen LogP contribution in [0.2, 0.25) is 5.02 Å². The van der Waals surface area contributed by atoms with E-state index in [1.165, 1.54) is 10.9 Å². The van der Waals surface area contributed by atoms with Crippen LogP contribution in [-0.4, -0.2) is 34.7 Å². The summed E-state index contributed by atoms with van der Waals surface area (Å²) in [5.74, 6) is -3.81. The van der Waals surface area contributed by atoms with Gasteiger partial charge in [0.2, 0.25) is 0 Å². The number of carbonyl (C=O) groups is 1. The molecule has 0 aliphatic carbocycles. The van der Waals surface area contributed by atoms with E-state index in [-0.39, 0.29) is 5.56 Å². The third kappa shape index (κ3) is 3.61. The van der Waals surface area contributed by atoms with E-state index in [4.69, 9.17) is 17.3 Å². The number of nitrogens with two attached hydrogens (primary N) is 1. The summed E-state index contributed by atoms with van der Waals surface area (Å²) in [5, 5.41) is 6.77. The van der Waals surface area contributed by atoms with Gasteiger partial charge in [-0.1, -0.05) is 29.8 Å². The number of carbonyl (C=O) groups excluding carboxylic acids is 1. The van der Waals surface area contributed by atoms with E-state index in [1.807, 2.05) is 0 Å². The van der Waals surface area contributed by atoms with Crippen molar-refractivity contribution in [2.24, 2.45) is 12.8 Å². The quantitative estimate of drug-likeness (QED) is 0.882. The molecule has 0 bridgehead atoms. The molecule has 0 aliphatic rings. The van der Waals surface area contributed by atoms with Crippen LogP contribution in [0.25, 0.3) is 11.3 Å². The second kappa shape index (κ2) is 6.41. The topological polar surface area (TPSA) is 72.9 Å². The molecule has 0 spiro atoms. The second-order valence-corrected chi connectivity index (χ2v) is 5.19. The van der Waals surface area contributed by atoms with Crippen molar-refractivity contribution in [3.8, 4) is 11.3 Å². The minimum absolute atomic E-state index is 0.170. The number of benzene rings is 1. The Morgan fingerprint density at radius 3 is 2.77 bits per heavy atom. The molecule has 0 radical (unpaired) electrons. The Balaban J connectivity index is 2.29. The highest BCUT2D eigenvalue weighted by Crippen LogP contribution is 2.29. The monoisotopic (exact) mass is 328 g/mol. The summed E-state index contributed by atoms with van der Waals surface area (Å²) >= 11 is 6.10. The minimum Gasteiger partial charge on any atom is -0.346 e. The number of hydrogen-bond donors (Lipinski definition) is 2. The maximum absolute atomic E-state index is 13.1. The average Bonchev–Trinajstić information content (AvgIpc) is 2.87. The number of nitrogens with zero attached hydrogens (tertiary/aromatic N) is 2. The summed E-state index contributed by atoms with van der Waals surface area (Å²) in [6.45, 7) is -1.67. The Labute approximate surface area is 131 Å². The number of hydrogen-bond acceptors (Lipinski definition) is 3. The summed E-state index contributed by atoms with van der Waals surface area (Å²) in [6, 6.07) is 6.86. The van der Waals surface area contributed by atoms with Crippen molar-refractivity contribution in [2.45, 2.75) is 5.92 Å². The highest BCUT2D eigenvalue weighted by atomic mass is 35.5. The standard InChI is InChI=1S/C14H15ClF2N4O/c1-21-6-10(13(22)19-8-14(16,17)7-18)12(20-21)9-4-2-3-5-11(9)15/h2-6H,7-8,18H2,1H3,(H,19,22). The zero-order valence-electron chi connectivity index (χ0n) is 11.8. The molecule has 2 aromatic rings. The van der Waals surface area contributed by atoms with Crippen molar-refractivity contribution in [1.29, 1.82) is 0 Å². The lowest BCUT2D eigenvalue weighted by atomic mass is 10.1. The van der Waals surface area contributed by atoms with Crippen LogP contribution in [0.1, 0.15) is 10.4 Å². The fraction of sp³-hybridized carbons (Fsp3) is 0.286. The second-order valence-electron chi connectivity index (χ2n) is 4.79. The van der Waals surface area contributed by atoms with E-state index in [0.717, 1.165) is 0 Å². The zero-order valence-corrected chi connectivity index (χ0v) is 12.6. The number of nitrogens with one attached hydrogen (secondary N) is 1. The highest BCUT2D eigenvalue weighted by molar-refractivity contribution is 6.33. The molecule has 22 heavy (non-hydrogen) atoms. The molecular weight excluding hydrogens is 314 g/mol. The predicted octanol–water partition coefficient (Wildman–Crippen LogP) is 2.06. The van der Waals surface area contributed by atoms with Gasteiger partial charge in [0.1, 0.15) is 5.69 Å². The SMILES string of the molecule is Cn1cc(C(=O)NCC(F)(F)CN)c(-c2ccccc2Cl)n1. The number of aryl methyl sites for hydroxylation is 1. The third-order valence-electron chi connectivity index (χ3n) is 3.01. The highest BCUT2D eigenvalue weighted by Gasteiger charge is 2.28. The molecule has 0 saturated heterocycles. The van der Waals surface area contributed by atoms with E-state index in [0.29, 0.717) is 16.3 Å². The molecule has 118 valence electrons. The van der Waals surface area contributed by atoms with Gasteiger partial charge in [0.15, 0.2) is 0 Å². The molecule has 1 amide bonds. The fourth-order valence-electron chi connectivity index (χ4n) is 1.88. The molecule has 0 aliphatic heterocycles. The van der Waals surface area contributed by atoms with Gasteiger partial charge in [-0.3, -0.25) is 9.48 Å². The zero-order chi connectivity index (χ0) is 16.3. The molecule has 0 atom stereocenters. The van der Waals surface area contributed by atoms with Gasteiger partial charge in [-0.25, -0.2) is 8.78 Å². The summed E-state index contributed by atoms with van der Waals surface area (Å²) in [5.41, 5.74) is 6.00. The van der Waals surface area contributed by atoms with Gasteiger partial charge in [-0.2, -0.15) is 5.10 Å². The predicted molar refractivity (Wildman–Crippen MR) is 80.0 cm³/mol. The molecule has 0 unspecified atom stereocenters. The van der Waals surface area contributed by atoms with Crippen molar-refractivity contribution in [1.82, 2.24) is 15.1 Å². The summed E-state index contributed by atoms with van der Waals surface area (Å²) in [7, 11) is 1.63. The van der Waals surface area contributed by atoms with Crippen molar-refractivity contribution >= 4 is 17.5 Å². The first-order valence-corrected chi connectivity index (χ1v) is 6.86. The van der Waals surface area contributed by atoms with E-state index in [1.54, 1.807) is 31.3 Å². The summed E-state index contributed by atoms with van der Waals surface area (Å²) < 4.78 is 27.7. The van der Waals surface area contributed by atoms with Crippen LogP contribution in [0.3, 0.4) is 0 Å². The molecule has 2 rings (SSSR count). The number of halogens is 3. The first kappa shape index (κ1) is 16.4. The molecule has 1 aromatic carbocycles. The van der Waals surface area contributed by atoms with Crippen molar-refractivity contribution in [3.63, 3.8) is 0 Å². The summed E-state index contributed by atoms with van der Waals surface area (Å²) in [6.07, 6.45) is 1.45. The number of aromatic nitrogens is 2. The first-order valence-electron chi connectivity index (χ1n) is 6.49. The average molecular weight is 329 g/mol. The van der Waals surface area contributed by atoms with Crippen molar-refractivity contribution < 1.29 is 13.6 Å². The van der Waals surface area contributed by atoms with Crippen molar-refractivity contribution in [2.75, 3.05) is 13.1 Å². The van der Waals surface area contributed by atoms with Crippen molar-refractivity contribution in [3.05, 3.63) is 41.0 Å². The maximum atomic E-state index is 13.1. The molecule has 0 fully saturated rings. The lowest BCUT2D eigenvalue weighted by molar-refractivity contribution is 0.0119. The van der Waals surface area contributed by atoms with Crippen LogP contribution < -0.4 is 11.1 Å². The van der Waals surface area contributed by atoms with E-state index >= 15 is 0 Å². The normalized spacial score (nSPS) is 11.5. The first-order chi connectivity index (χ1) is 10.3. The molecule has 1 aromatic heterocycles. The minimum atomic E-state index is -3.15. The number of amides is 1. The third-order valence-corrected chi connectivity index (χ3v) is 3.34. The number of rotatable bonds is 5. The van der Waals surface area contributed by atoms with Gasteiger partial charge in [0.25, 0.3) is 11.8 Å². The van der Waals surface area contributed by atoms with E-state index in [2.05, 4.69) is 10.4 Å². The van der Waals surface area contributed by atoms with Gasteiger partial charge >= 0.3 is 0 Å². The Kier molecular flexibility index (Phi) is 4.77. The van der Waals surface area contributed by atoms with Crippen LogP contribution >= 0.6 is 11.6 Å². The van der Waals surface area contributed by atoms with Gasteiger partial charge in [-0.15, -0.1) is 0 Å². The van der Waals surface area contributed by atoms with E-state index < -0.39 is 24.9 Å². The van der Waals surface area contributed by atoms with Crippen LogP contribution in [0.5, 0.6) is 0 Å². The van der Waals surface area contributed by atoms with Crippen LogP contribution in [-0.2, 0) is 7.05 Å². The lowest BCUT2D eigenvalue weighted by Gasteiger charge is -2.14. The Hall–Kier alpha value is -1.99. The van der Waals surface area contributed by atoms with Gasteiger partial charge in [-0.05, 0) is 6.07 Å². The molecule has 8 heteroatoms. The smallest absolute Gasteiger partial charge is 0.277 e. The Morgan fingerprint density at radius 1 is 1.45 bits per heavy atom. The summed E-state index contributed by atoms with van der Waals surface area (Å²) in [4.78, 5) is 12.1. The van der Waals surface area contributed by atoms with E-state index in [9.17, 15) is 13.6 Å². The van der Waals surface area contributed by atoms with Crippen LogP contribution in [0.4, 0.5) is 8.78 Å². The van der Waals surface area contributed by atoms with Crippen LogP contribution in [0, 0.1) is 0 Å². The largest absolute Gasteiger partial charge is 0.346 e. The lowest BCUT2D eigenvalue weighted by Crippen LogP contribution is -2.41. The molecule has 3 N–H and O–H groups in total. The van der Waals surface area contributed by atoms with Gasteiger partial charge in [0, 0.05) is 18.8 Å². The van der Waals surface area contributed by atoms with Gasteiger partial charge < -0.3 is 11.1 Å². The van der Waals surface area contributed by atoms with Crippen LogP contribution in [0.15, 0.2) is 30.5 Å². The molecule has 0 saturated carbocycles. The molecule has 1 heterocycles. The molecule has 5 nitrogen and oxygen atoms in total. The maximum Gasteiger partial charge on any atom is 0.277 e. The fourth-order valence-corrected chi connectivity index (χ4v) is 2.11.